The third kappa shape index (κ3) is 1.96. The highest BCUT2D eigenvalue weighted by Crippen LogP contribution is 2.19. The van der Waals surface area contributed by atoms with Crippen molar-refractivity contribution >= 4 is 11.9 Å². The Hall–Kier alpha value is -1.06. The van der Waals surface area contributed by atoms with Gasteiger partial charge in [0.05, 0.1) is 13.5 Å². The second-order valence-corrected chi connectivity index (χ2v) is 3.12. The van der Waals surface area contributed by atoms with Gasteiger partial charge in [-0.25, -0.2) is 0 Å². The lowest BCUT2D eigenvalue weighted by atomic mass is 10.1. The number of likely N-dealkylation sites (tertiary alicyclic amines) is 1. The Bertz CT molecular complexity index is 202. The van der Waals surface area contributed by atoms with Crippen molar-refractivity contribution in [2.45, 2.75) is 12.8 Å². The van der Waals surface area contributed by atoms with Crippen LogP contribution in [0.2, 0.25) is 0 Å². The molecule has 0 aromatic carbocycles. The van der Waals surface area contributed by atoms with Gasteiger partial charge in [-0.2, -0.15) is 0 Å². The zero-order valence-electron chi connectivity index (χ0n) is 7.37. The van der Waals surface area contributed by atoms with Crippen molar-refractivity contribution < 1.29 is 14.3 Å². The number of nitrogens with zero attached hydrogens (tertiary/aromatic N) is 1. The topological polar surface area (TPSA) is 46.6 Å². The monoisotopic (exact) mass is 171 g/mol. The molecular formula is C8H13NO3. The van der Waals surface area contributed by atoms with E-state index in [2.05, 4.69) is 4.74 Å². The van der Waals surface area contributed by atoms with Crippen LogP contribution in [0.3, 0.4) is 0 Å². The van der Waals surface area contributed by atoms with Crippen molar-refractivity contribution in [3.63, 3.8) is 0 Å². The number of carbonyl (C=O) groups excluding carboxylic acids is 2. The summed E-state index contributed by atoms with van der Waals surface area (Å²) in [6.45, 7) is 0.675. The zero-order chi connectivity index (χ0) is 9.14. The molecule has 0 N–H and O–H groups in total. The standard InChI is InChI=1S/C8H13NO3/c1-9-5-6(3-7(9)10)4-8(11)12-2/h6H,3-5H2,1-2H3. The Balaban J connectivity index is 2.37. The molecule has 0 aromatic heterocycles. The first-order valence-electron chi connectivity index (χ1n) is 3.94. The van der Waals surface area contributed by atoms with Crippen molar-refractivity contribution in [1.29, 1.82) is 0 Å². The molecule has 0 bridgehead atoms. The van der Waals surface area contributed by atoms with Gasteiger partial charge in [0, 0.05) is 20.0 Å². The molecule has 0 saturated carbocycles. The highest BCUT2D eigenvalue weighted by Gasteiger charge is 2.28. The minimum Gasteiger partial charge on any atom is -0.469 e. The van der Waals surface area contributed by atoms with Crippen molar-refractivity contribution in [3.05, 3.63) is 0 Å². The fourth-order valence-corrected chi connectivity index (χ4v) is 1.41. The van der Waals surface area contributed by atoms with Gasteiger partial charge in [-0.1, -0.05) is 0 Å². The van der Waals surface area contributed by atoms with Gasteiger partial charge in [-0.3, -0.25) is 9.59 Å². The fraction of sp³-hybridized carbons (Fsp3) is 0.750. The third-order valence-corrected chi connectivity index (χ3v) is 2.10. The number of hydrogen-bond donors (Lipinski definition) is 0. The summed E-state index contributed by atoms with van der Waals surface area (Å²) in [6, 6.07) is 0. The second-order valence-electron chi connectivity index (χ2n) is 3.12. The molecule has 4 heteroatoms. The zero-order valence-corrected chi connectivity index (χ0v) is 7.37. The maximum absolute atomic E-state index is 11.0. The minimum atomic E-state index is -0.233. The summed E-state index contributed by atoms with van der Waals surface area (Å²) in [4.78, 5) is 23.5. The maximum Gasteiger partial charge on any atom is 0.305 e. The van der Waals surface area contributed by atoms with Crippen LogP contribution in [0.15, 0.2) is 0 Å². The lowest BCUT2D eigenvalue weighted by Crippen LogP contribution is -2.19. The highest BCUT2D eigenvalue weighted by atomic mass is 16.5. The van der Waals surface area contributed by atoms with E-state index in [1.54, 1.807) is 11.9 Å². The number of methoxy groups -OCH3 is 1. The number of hydrogen-bond acceptors (Lipinski definition) is 3. The smallest absolute Gasteiger partial charge is 0.305 e. The van der Waals surface area contributed by atoms with Crippen LogP contribution < -0.4 is 0 Å². The fourth-order valence-electron chi connectivity index (χ4n) is 1.41. The molecule has 1 heterocycles. The molecule has 1 aliphatic rings. The van der Waals surface area contributed by atoms with Crippen LogP contribution in [0, 0.1) is 5.92 Å². The Morgan fingerprint density at radius 3 is 2.83 bits per heavy atom. The van der Waals surface area contributed by atoms with Gasteiger partial charge in [-0.05, 0) is 5.92 Å². The summed E-state index contributed by atoms with van der Waals surface area (Å²) in [5.41, 5.74) is 0. The average molecular weight is 171 g/mol. The molecule has 1 atom stereocenters. The second kappa shape index (κ2) is 3.56. The van der Waals surface area contributed by atoms with Crippen molar-refractivity contribution in [2.24, 2.45) is 5.92 Å². The van der Waals surface area contributed by atoms with E-state index in [1.165, 1.54) is 7.11 Å². The normalized spacial score (nSPS) is 23.0. The summed E-state index contributed by atoms with van der Waals surface area (Å²) in [6.07, 6.45) is 0.832. The molecule has 0 aliphatic carbocycles. The first-order valence-corrected chi connectivity index (χ1v) is 3.94. The third-order valence-electron chi connectivity index (χ3n) is 2.10. The largest absolute Gasteiger partial charge is 0.469 e. The van der Waals surface area contributed by atoms with Crippen LogP contribution in [-0.4, -0.2) is 37.5 Å². The Morgan fingerprint density at radius 2 is 2.42 bits per heavy atom. The van der Waals surface area contributed by atoms with E-state index in [1.807, 2.05) is 0 Å². The highest BCUT2D eigenvalue weighted by molar-refractivity contribution is 5.79. The van der Waals surface area contributed by atoms with Gasteiger partial charge in [0.1, 0.15) is 0 Å². The summed E-state index contributed by atoms with van der Waals surface area (Å²) in [7, 11) is 3.11. The Morgan fingerprint density at radius 1 is 1.75 bits per heavy atom. The molecule has 1 amide bonds. The van der Waals surface area contributed by atoms with Crippen LogP contribution >= 0.6 is 0 Å². The molecular weight excluding hydrogens is 158 g/mol. The average Bonchev–Trinajstić information content (AvgIpc) is 2.31. The quantitative estimate of drug-likeness (QED) is 0.550. The lowest BCUT2D eigenvalue weighted by molar-refractivity contribution is -0.141. The van der Waals surface area contributed by atoms with Crippen molar-refractivity contribution in [3.8, 4) is 0 Å². The maximum atomic E-state index is 11.0. The van der Waals surface area contributed by atoms with Gasteiger partial charge in [0.25, 0.3) is 0 Å². The summed E-state index contributed by atoms with van der Waals surface area (Å²) in [5.74, 6) is 0.0296. The van der Waals surface area contributed by atoms with Crippen LogP contribution in [0.5, 0.6) is 0 Å². The van der Waals surface area contributed by atoms with Crippen molar-refractivity contribution in [1.82, 2.24) is 4.90 Å². The molecule has 1 aliphatic heterocycles. The molecule has 12 heavy (non-hydrogen) atoms. The van der Waals surface area contributed by atoms with E-state index in [0.29, 0.717) is 19.4 Å². The van der Waals surface area contributed by atoms with Crippen molar-refractivity contribution in [2.75, 3.05) is 20.7 Å². The number of amides is 1. The van der Waals surface area contributed by atoms with Gasteiger partial charge < -0.3 is 9.64 Å². The molecule has 1 fully saturated rings. The Kier molecular flexibility index (Phi) is 2.68. The molecule has 68 valence electrons. The van der Waals surface area contributed by atoms with E-state index in [9.17, 15) is 9.59 Å². The predicted octanol–water partition coefficient (Wildman–Crippen LogP) is 0.0278. The van der Waals surface area contributed by atoms with Crippen LogP contribution in [0.4, 0.5) is 0 Å². The van der Waals surface area contributed by atoms with E-state index in [0.717, 1.165) is 0 Å². The van der Waals surface area contributed by atoms with E-state index in [-0.39, 0.29) is 17.8 Å². The number of ether oxygens (including phenoxy) is 1. The molecule has 4 nitrogen and oxygen atoms in total. The van der Waals surface area contributed by atoms with Gasteiger partial charge in [0.15, 0.2) is 0 Å². The summed E-state index contributed by atoms with van der Waals surface area (Å²) >= 11 is 0. The van der Waals surface area contributed by atoms with E-state index >= 15 is 0 Å². The Labute approximate surface area is 71.5 Å². The van der Waals surface area contributed by atoms with Crippen LogP contribution in [0.1, 0.15) is 12.8 Å². The first-order chi connectivity index (χ1) is 5.63. The van der Waals surface area contributed by atoms with Gasteiger partial charge >= 0.3 is 5.97 Å². The molecule has 1 rings (SSSR count). The predicted molar refractivity (Wildman–Crippen MR) is 42.4 cm³/mol. The van der Waals surface area contributed by atoms with Crippen LogP contribution in [-0.2, 0) is 14.3 Å². The molecule has 0 aromatic rings. The van der Waals surface area contributed by atoms with Gasteiger partial charge in [-0.15, -0.1) is 0 Å². The molecule has 1 saturated heterocycles. The van der Waals surface area contributed by atoms with E-state index in [4.69, 9.17) is 0 Å². The summed E-state index contributed by atoms with van der Waals surface area (Å²) < 4.78 is 4.51. The lowest BCUT2D eigenvalue weighted by Gasteiger charge is -2.08. The SMILES string of the molecule is COC(=O)CC1CC(=O)N(C)C1. The molecule has 0 spiro atoms. The minimum absolute atomic E-state index is 0.115. The summed E-state index contributed by atoms with van der Waals surface area (Å²) in [5, 5.41) is 0. The number of esters is 1. The molecule has 1 unspecified atom stereocenters. The van der Waals surface area contributed by atoms with Gasteiger partial charge in [0.2, 0.25) is 5.91 Å². The molecule has 0 radical (unpaired) electrons. The number of carbonyl (C=O) groups is 2. The van der Waals surface area contributed by atoms with Crippen LogP contribution in [0.25, 0.3) is 0 Å². The number of rotatable bonds is 2. The first kappa shape index (κ1) is 9.03. The van der Waals surface area contributed by atoms with E-state index < -0.39 is 0 Å².